The van der Waals surface area contributed by atoms with Crippen LogP contribution in [0.3, 0.4) is 0 Å². The van der Waals surface area contributed by atoms with Crippen molar-refractivity contribution < 1.29 is 13.2 Å². The van der Waals surface area contributed by atoms with Crippen LogP contribution >= 0.6 is 27.3 Å². The molecular weight excluding hydrogens is 364 g/mol. The van der Waals surface area contributed by atoms with E-state index < -0.39 is 10.0 Å². The highest BCUT2D eigenvalue weighted by atomic mass is 79.9. The van der Waals surface area contributed by atoms with Crippen molar-refractivity contribution in [2.45, 2.75) is 36.5 Å². The lowest BCUT2D eigenvalue weighted by molar-refractivity contribution is -0.0114. The normalized spacial score (nSPS) is 27.1. The third-order valence-corrected chi connectivity index (χ3v) is 7.77. The Balaban J connectivity index is 1.88. The van der Waals surface area contributed by atoms with E-state index in [2.05, 4.69) is 21.2 Å². The van der Waals surface area contributed by atoms with Crippen LogP contribution in [0.25, 0.3) is 0 Å². The van der Waals surface area contributed by atoms with Crippen LogP contribution in [-0.4, -0.2) is 45.1 Å². The van der Waals surface area contributed by atoms with Crippen LogP contribution in [0.1, 0.15) is 17.7 Å². The van der Waals surface area contributed by atoms with Gasteiger partial charge in [-0.1, -0.05) is 0 Å². The molecule has 1 N–H and O–H groups in total. The molecule has 2 aliphatic rings. The lowest BCUT2D eigenvalue weighted by atomic mass is 10.2. The van der Waals surface area contributed by atoms with Gasteiger partial charge >= 0.3 is 0 Å². The molecule has 1 aromatic rings. The van der Waals surface area contributed by atoms with E-state index in [1.807, 2.05) is 7.05 Å². The van der Waals surface area contributed by atoms with Crippen LogP contribution in [0.2, 0.25) is 0 Å². The molecule has 2 aliphatic heterocycles. The van der Waals surface area contributed by atoms with Gasteiger partial charge in [-0.2, -0.15) is 4.31 Å². The zero-order valence-corrected chi connectivity index (χ0v) is 14.4. The SMILES string of the molecule is CNCc1cc(S(=O)(=O)N2CC3CCC(C2)O3)c(Br)s1. The molecule has 0 radical (unpaired) electrons. The van der Waals surface area contributed by atoms with E-state index >= 15 is 0 Å². The van der Waals surface area contributed by atoms with E-state index in [4.69, 9.17) is 4.74 Å². The number of hydrogen-bond acceptors (Lipinski definition) is 5. The summed E-state index contributed by atoms with van der Waals surface area (Å²) in [7, 11) is -1.58. The van der Waals surface area contributed by atoms with Crippen molar-refractivity contribution in [3.63, 3.8) is 0 Å². The lowest BCUT2D eigenvalue weighted by Gasteiger charge is -2.31. The molecule has 1 aromatic heterocycles. The summed E-state index contributed by atoms with van der Waals surface area (Å²) >= 11 is 4.85. The minimum atomic E-state index is -3.43. The number of rotatable bonds is 4. The van der Waals surface area contributed by atoms with E-state index in [-0.39, 0.29) is 12.2 Å². The molecule has 2 atom stereocenters. The van der Waals surface area contributed by atoms with Gasteiger partial charge in [0.15, 0.2) is 0 Å². The number of sulfonamides is 1. The van der Waals surface area contributed by atoms with Crippen molar-refractivity contribution in [3.05, 3.63) is 14.7 Å². The Morgan fingerprint density at radius 1 is 1.45 bits per heavy atom. The first-order valence-corrected chi connectivity index (χ1v) is 9.64. The maximum atomic E-state index is 12.8. The second kappa shape index (κ2) is 5.66. The van der Waals surface area contributed by atoms with E-state index in [1.54, 1.807) is 10.4 Å². The van der Waals surface area contributed by atoms with E-state index in [1.165, 1.54) is 11.3 Å². The fraction of sp³-hybridized carbons (Fsp3) is 0.667. The number of fused-ring (bicyclic) bond motifs is 2. The predicted octanol–water partition coefficient (Wildman–Crippen LogP) is 1.78. The number of halogens is 1. The number of thiophene rings is 1. The number of ether oxygens (including phenoxy) is 1. The first kappa shape index (κ1) is 14.9. The van der Waals surface area contributed by atoms with Gasteiger partial charge in [0, 0.05) is 24.5 Å². The summed E-state index contributed by atoms with van der Waals surface area (Å²) in [5.41, 5.74) is 0. The Kier molecular flexibility index (Phi) is 4.22. The Bertz CT molecular complexity index is 590. The van der Waals surface area contributed by atoms with Crippen LogP contribution in [0.4, 0.5) is 0 Å². The Morgan fingerprint density at radius 2 is 2.10 bits per heavy atom. The second-order valence-corrected chi connectivity index (χ2v) is 9.52. The second-order valence-electron chi connectivity index (χ2n) is 5.16. The van der Waals surface area contributed by atoms with Crippen LogP contribution in [-0.2, 0) is 21.3 Å². The molecule has 8 heteroatoms. The zero-order valence-electron chi connectivity index (χ0n) is 11.1. The average molecular weight is 381 g/mol. The van der Waals surface area contributed by atoms with Crippen molar-refractivity contribution in [1.82, 2.24) is 9.62 Å². The molecule has 5 nitrogen and oxygen atoms in total. The van der Waals surface area contributed by atoms with Gasteiger partial charge in [-0.15, -0.1) is 11.3 Å². The molecule has 0 amide bonds. The molecule has 0 aromatic carbocycles. The maximum Gasteiger partial charge on any atom is 0.245 e. The van der Waals surface area contributed by atoms with Gasteiger partial charge in [0.2, 0.25) is 10.0 Å². The van der Waals surface area contributed by atoms with E-state index in [0.29, 0.717) is 28.3 Å². The maximum absolute atomic E-state index is 12.8. The standard InChI is InChI=1S/C12H17BrN2O3S2/c1-14-5-10-4-11(12(13)19-10)20(16,17)15-6-8-2-3-9(7-15)18-8/h4,8-9,14H,2-3,5-7H2,1H3. The fourth-order valence-corrected chi connectivity index (χ4v) is 6.90. The molecule has 0 saturated carbocycles. The Hall–Kier alpha value is 0.01000. The molecule has 3 heterocycles. The highest BCUT2D eigenvalue weighted by molar-refractivity contribution is 9.11. The summed E-state index contributed by atoms with van der Waals surface area (Å²) in [6.07, 6.45) is 2.06. The van der Waals surface area contributed by atoms with Gasteiger partial charge in [-0.3, -0.25) is 0 Å². The zero-order chi connectivity index (χ0) is 14.3. The summed E-state index contributed by atoms with van der Waals surface area (Å²) in [5, 5.41) is 3.04. The average Bonchev–Trinajstić information content (AvgIpc) is 2.93. The number of nitrogens with one attached hydrogen (secondary N) is 1. The number of morpholine rings is 1. The van der Waals surface area contributed by atoms with Crippen molar-refractivity contribution in [3.8, 4) is 0 Å². The monoisotopic (exact) mass is 380 g/mol. The van der Waals surface area contributed by atoms with Gasteiger partial charge in [0.05, 0.1) is 16.0 Å². The minimum absolute atomic E-state index is 0.0673. The van der Waals surface area contributed by atoms with Crippen LogP contribution < -0.4 is 5.32 Å². The van der Waals surface area contributed by atoms with Crippen molar-refractivity contribution in [2.24, 2.45) is 0 Å². The lowest BCUT2D eigenvalue weighted by Crippen LogP contribution is -2.45. The molecule has 2 bridgehead atoms. The quantitative estimate of drug-likeness (QED) is 0.864. The summed E-state index contributed by atoms with van der Waals surface area (Å²) < 4.78 is 33.5. The molecule has 3 rings (SSSR count). The predicted molar refractivity (Wildman–Crippen MR) is 81.4 cm³/mol. The highest BCUT2D eigenvalue weighted by Gasteiger charge is 2.40. The van der Waals surface area contributed by atoms with Gasteiger partial charge in [0.1, 0.15) is 4.90 Å². The molecule has 2 unspecified atom stereocenters. The largest absolute Gasteiger partial charge is 0.372 e. The number of hydrogen-bond donors (Lipinski definition) is 1. The first-order valence-electron chi connectivity index (χ1n) is 6.59. The van der Waals surface area contributed by atoms with Gasteiger partial charge in [-0.25, -0.2) is 8.42 Å². The third kappa shape index (κ3) is 2.69. The van der Waals surface area contributed by atoms with Crippen molar-refractivity contribution >= 4 is 37.3 Å². The molecule has 0 spiro atoms. The van der Waals surface area contributed by atoms with Gasteiger partial charge in [-0.05, 0) is 41.9 Å². The van der Waals surface area contributed by atoms with Crippen molar-refractivity contribution in [2.75, 3.05) is 20.1 Å². The Labute approximate surface area is 131 Å². The molecular formula is C12H17BrN2O3S2. The molecule has 20 heavy (non-hydrogen) atoms. The minimum Gasteiger partial charge on any atom is -0.372 e. The Morgan fingerprint density at radius 3 is 2.70 bits per heavy atom. The summed E-state index contributed by atoms with van der Waals surface area (Å²) in [6, 6.07) is 1.76. The van der Waals surface area contributed by atoms with Gasteiger partial charge < -0.3 is 10.1 Å². The third-order valence-electron chi connectivity index (χ3n) is 3.69. The number of nitrogens with zero attached hydrogens (tertiary/aromatic N) is 1. The van der Waals surface area contributed by atoms with E-state index in [9.17, 15) is 8.42 Å². The van der Waals surface area contributed by atoms with Crippen LogP contribution in [0.5, 0.6) is 0 Å². The highest BCUT2D eigenvalue weighted by Crippen LogP contribution is 2.36. The van der Waals surface area contributed by atoms with Crippen LogP contribution in [0, 0.1) is 0 Å². The summed E-state index contributed by atoms with van der Waals surface area (Å²) in [4.78, 5) is 1.39. The molecule has 2 saturated heterocycles. The first-order chi connectivity index (χ1) is 9.50. The molecule has 2 fully saturated rings. The summed E-state index contributed by atoms with van der Waals surface area (Å²) in [5.74, 6) is 0. The van der Waals surface area contributed by atoms with Gasteiger partial charge in [0.25, 0.3) is 0 Å². The molecule has 0 aliphatic carbocycles. The van der Waals surface area contributed by atoms with Crippen LogP contribution in [0.15, 0.2) is 14.7 Å². The van der Waals surface area contributed by atoms with Crippen molar-refractivity contribution in [1.29, 1.82) is 0 Å². The topological polar surface area (TPSA) is 58.6 Å². The smallest absolute Gasteiger partial charge is 0.245 e. The molecule has 112 valence electrons. The van der Waals surface area contributed by atoms with E-state index in [0.717, 1.165) is 17.7 Å². The fourth-order valence-electron chi connectivity index (χ4n) is 2.75. The summed E-state index contributed by atoms with van der Waals surface area (Å²) in [6.45, 7) is 1.62.